The fraction of sp³-hybridized carbons (Fsp3) is 0.692. The summed E-state index contributed by atoms with van der Waals surface area (Å²) in [6, 6.07) is -9.28. The predicted octanol–water partition coefficient (Wildman–Crippen LogP) is -4.00. The molecule has 0 saturated carbocycles. The number of carbonyl (C=O) groups is 16. The van der Waals surface area contributed by atoms with E-state index in [9.17, 15) is 68.7 Å². The third-order valence-corrected chi connectivity index (χ3v) is 21.6. The number of cyclic esters (lactones) is 1. The number of benzene rings is 1. The molecule has 0 radical (unpaired) electrons. The molecule has 2 heterocycles. The SMILES string of the molecule is CO[C@H](c1ccc(O)cc1)C1NC(=O)[C@H](CCC(N)=O)N(C)C(=O)C(CC(C)C)NC(=O)[C@@H](CCCNC(=N)N)NC(=O)C([C@@H](C)O)NC(=O)C(CC(=O)C(NC(=O)[C@H](O)[C@H](O)[C@H](CCCNC(=N)N)CC(=O)[C@H](CC(N)=O)NC(=O)[C@H](C)[C@H](O)[C@H](C)CC(C)C)[C@@H](C)[C@@H](C)C(N)=O)[C@@H](C)OC(=O)[C@@H]2CCCCN2C(=O)[C@@H](CC(N)=O)CC1=O. The summed E-state index contributed by atoms with van der Waals surface area (Å²) < 4.78 is 11.9. The molecule has 2 saturated heterocycles. The predicted molar refractivity (Wildman–Crippen MR) is 429 cm³/mol. The number of aliphatic hydroxyl groups is 4. The highest BCUT2D eigenvalue weighted by atomic mass is 16.5. The van der Waals surface area contributed by atoms with Gasteiger partial charge in [-0.15, -0.1) is 0 Å². The molecule has 0 spiro atoms. The van der Waals surface area contributed by atoms with Crippen LogP contribution in [0.15, 0.2) is 24.3 Å². The van der Waals surface area contributed by atoms with E-state index in [0.29, 0.717) is 6.42 Å². The number of aromatic hydroxyl groups is 1. The number of amides is 12. The molecular weight excluding hydrogens is 1560 g/mol. The topological polar surface area (TPSA) is 699 Å². The number of piperidine rings is 1. The molecule has 2 aliphatic heterocycles. The van der Waals surface area contributed by atoms with Crippen LogP contribution in [0.25, 0.3) is 0 Å². The zero-order valence-corrected chi connectivity index (χ0v) is 70.0. The zero-order chi connectivity index (χ0) is 90.3. The second-order valence-corrected chi connectivity index (χ2v) is 32.2. The van der Waals surface area contributed by atoms with Crippen molar-refractivity contribution in [2.24, 2.45) is 87.7 Å². The number of nitrogens with zero attached hydrogens (tertiary/aromatic N) is 2. The van der Waals surface area contributed by atoms with Crippen LogP contribution < -0.4 is 76.9 Å². The van der Waals surface area contributed by atoms with Gasteiger partial charge in [0.2, 0.25) is 65.0 Å². The molecule has 3 rings (SSSR count). The summed E-state index contributed by atoms with van der Waals surface area (Å²) in [5.74, 6) is -29.1. The lowest BCUT2D eigenvalue weighted by Gasteiger charge is -2.37. The number of ether oxygens (including phenoxy) is 2. The fourth-order valence-electron chi connectivity index (χ4n) is 14.6. The Bertz CT molecular complexity index is 3720. The fourth-order valence-corrected chi connectivity index (χ4v) is 14.6. The first kappa shape index (κ1) is 103. The molecule has 2 aliphatic rings. The Morgan fingerprint density at radius 3 is 1.79 bits per heavy atom. The molecule has 2 fully saturated rings. The van der Waals surface area contributed by atoms with Gasteiger partial charge in [-0.25, -0.2) is 4.79 Å². The number of hydrogen-bond acceptors (Lipinski definition) is 25. The molecule has 21 atom stereocenters. The quantitative estimate of drug-likeness (QED) is 0.0129. The minimum atomic E-state index is -2.62. The molecule has 668 valence electrons. The van der Waals surface area contributed by atoms with Crippen LogP contribution in [-0.4, -0.2) is 254 Å². The Kier molecular flexibility index (Phi) is 42.4. The van der Waals surface area contributed by atoms with E-state index in [2.05, 4.69) is 42.5 Å². The highest BCUT2D eigenvalue weighted by Crippen LogP contribution is 2.32. The number of aliphatic hydroxyl groups excluding tert-OH is 4. The summed E-state index contributed by atoms with van der Waals surface area (Å²) in [4.78, 5) is 232. The number of methoxy groups -OCH3 is 1. The number of rotatable bonds is 40. The summed E-state index contributed by atoms with van der Waals surface area (Å²) in [5, 5.41) is 92.2. The number of likely N-dealkylation sites (N-methyl/N-ethyl adjacent to an activating group) is 1. The van der Waals surface area contributed by atoms with E-state index in [4.69, 9.17) is 54.7 Å². The lowest BCUT2D eigenvalue weighted by molar-refractivity contribution is -0.166. The van der Waals surface area contributed by atoms with Crippen molar-refractivity contribution in [3.8, 4) is 5.75 Å². The first-order valence-corrected chi connectivity index (χ1v) is 40.1. The highest BCUT2D eigenvalue weighted by molar-refractivity contribution is 6.01. The van der Waals surface area contributed by atoms with E-state index >= 15 is 33.6 Å². The van der Waals surface area contributed by atoms with Crippen LogP contribution in [0.2, 0.25) is 0 Å². The Balaban J connectivity index is 2.43. The highest BCUT2D eigenvalue weighted by Gasteiger charge is 2.47. The molecule has 0 bridgehead atoms. The second kappa shape index (κ2) is 49.1. The van der Waals surface area contributed by atoms with Crippen LogP contribution in [0.4, 0.5) is 0 Å². The smallest absolute Gasteiger partial charge is 0.329 e. The molecule has 5 unspecified atom stereocenters. The van der Waals surface area contributed by atoms with Gasteiger partial charge in [0.15, 0.2) is 35.4 Å². The Morgan fingerprint density at radius 1 is 0.647 bits per heavy atom. The lowest BCUT2D eigenvalue weighted by Crippen LogP contribution is -2.61. The number of Topliss-reactive ketones (excluding diaryl/α,β-unsaturated/α-hetero) is 3. The maximum Gasteiger partial charge on any atom is 0.329 e. The molecule has 27 N–H and O–H groups in total. The second-order valence-electron chi connectivity index (χ2n) is 32.2. The van der Waals surface area contributed by atoms with Gasteiger partial charge in [0.25, 0.3) is 5.91 Å². The molecular formula is C78H128N18O23. The van der Waals surface area contributed by atoms with Crippen LogP contribution in [0, 0.1) is 64.1 Å². The number of primary amides is 4. The Hall–Kier alpha value is -10.5. The molecule has 41 nitrogen and oxygen atoms in total. The van der Waals surface area contributed by atoms with Crippen molar-refractivity contribution < 1.29 is 112 Å². The van der Waals surface area contributed by atoms with Gasteiger partial charge in [-0.05, 0) is 125 Å². The van der Waals surface area contributed by atoms with Gasteiger partial charge >= 0.3 is 5.97 Å². The monoisotopic (exact) mass is 1680 g/mol. The van der Waals surface area contributed by atoms with Crippen molar-refractivity contribution in [3.05, 3.63) is 29.8 Å². The van der Waals surface area contributed by atoms with Gasteiger partial charge in [-0.1, -0.05) is 67.5 Å². The van der Waals surface area contributed by atoms with Gasteiger partial charge in [0.05, 0.1) is 54.6 Å². The van der Waals surface area contributed by atoms with Crippen molar-refractivity contribution >= 4 is 106 Å². The van der Waals surface area contributed by atoms with Crippen LogP contribution in [0.5, 0.6) is 5.75 Å². The van der Waals surface area contributed by atoms with Crippen LogP contribution in [-0.2, 0) is 86.2 Å². The van der Waals surface area contributed by atoms with Crippen molar-refractivity contribution in [2.45, 2.75) is 257 Å². The molecule has 1 aromatic rings. The maximum atomic E-state index is 15.5. The Labute approximate surface area is 692 Å². The lowest BCUT2D eigenvalue weighted by atomic mass is 9.82. The first-order chi connectivity index (χ1) is 55.5. The number of hydrogen-bond donors (Lipinski definition) is 21. The van der Waals surface area contributed by atoms with E-state index < -0.39 is 283 Å². The van der Waals surface area contributed by atoms with Crippen LogP contribution in [0.3, 0.4) is 0 Å². The number of phenols is 1. The molecule has 41 heteroatoms. The summed E-state index contributed by atoms with van der Waals surface area (Å²) in [6.07, 6.45) is -17.3. The number of fused-ring (bicyclic) bond motifs is 1. The number of nitrogens with two attached hydrogens (primary N) is 6. The van der Waals surface area contributed by atoms with E-state index in [1.54, 1.807) is 20.8 Å². The molecule has 0 aliphatic carbocycles. The maximum absolute atomic E-state index is 15.5. The van der Waals surface area contributed by atoms with Crippen molar-refractivity contribution in [1.82, 2.24) is 52.3 Å². The number of ketones is 3. The minimum Gasteiger partial charge on any atom is -0.508 e. The summed E-state index contributed by atoms with van der Waals surface area (Å²) >= 11 is 0. The number of phenolic OH excluding ortho intramolecular Hbond substituents is 1. The summed E-state index contributed by atoms with van der Waals surface area (Å²) in [7, 11) is 2.31. The van der Waals surface area contributed by atoms with Gasteiger partial charge in [0.1, 0.15) is 54.2 Å². The third kappa shape index (κ3) is 32.6. The van der Waals surface area contributed by atoms with E-state index in [-0.39, 0.29) is 88.2 Å². The first-order valence-electron chi connectivity index (χ1n) is 40.1. The standard InChI is InChI=1S/C78H128N18O23/c1-36(2)29-38(5)63(105)41(8)68(109)90-50(35-59(81)104)54(99)31-45(17-15-26-87-77(83)84)64(106)65(107)73(114)92-60(39(6)40(7)67(82)108)56(101)34-48-43(10)119-76(117)53-19-13-14-28-96(53)74(115)46(33-58(80)103)32-55(100)62(66(118-12)44-20-22-47(98)23-21-44)94-71(112)52(24-25-57(79)102)95(11)75(116)51(30-37(3)4)91-70(111)49(18-16-27-88-78(85)86)89-72(113)61(42(9)97)93-69(48)110/h20-23,36-43,45-46,48-53,60-66,97-98,105-107H,13-19,24-35H2,1-12H3,(H2,79,102)(H2,80,103)(H2,81,104)(H2,82,108)(H,89,113)(H,90,109)(H,91,111)(H,92,114)(H,93,110)(H,94,112)(H4,83,84,87)(H4,85,86,88)/t38-,39+,40-,41-,42-,43-,45-,46-,48?,49-,50+,51?,52+,53+,60?,61?,62?,63-,64-,65-,66-/m1/s1. The average Bonchev–Trinajstić information content (AvgIpc) is 0.995. The van der Waals surface area contributed by atoms with Crippen LogP contribution in [0.1, 0.15) is 184 Å². The summed E-state index contributed by atoms with van der Waals surface area (Å²) in [5.41, 5.74) is 33.9. The van der Waals surface area contributed by atoms with Crippen LogP contribution >= 0.6 is 0 Å². The Morgan fingerprint density at radius 2 is 1.24 bits per heavy atom. The van der Waals surface area contributed by atoms with E-state index in [0.717, 1.165) is 37.8 Å². The van der Waals surface area contributed by atoms with E-state index in [1.165, 1.54) is 45.0 Å². The molecule has 119 heavy (non-hydrogen) atoms. The largest absolute Gasteiger partial charge is 0.508 e. The van der Waals surface area contributed by atoms with Gasteiger partial charge in [-0.3, -0.25) is 82.7 Å². The number of nitrogens with one attached hydrogen (secondary N) is 10. The number of esters is 1. The molecule has 12 amide bonds. The van der Waals surface area contributed by atoms with Gasteiger partial charge in [-0.2, -0.15) is 0 Å². The summed E-state index contributed by atoms with van der Waals surface area (Å²) in [6.45, 7) is 14.5. The number of guanidine groups is 2. The third-order valence-electron chi connectivity index (χ3n) is 21.6. The van der Waals surface area contributed by atoms with Gasteiger partial charge < -0.3 is 122 Å². The molecule has 1 aromatic carbocycles. The van der Waals surface area contributed by atoms with Crippen molar-refractivity contribution in [2.75, 3.05) is 33.8 Å². The van der Waals surface area contributed by atoms with E-state index in [1.807, 2.05) is 13.8 Å². The molecule has 0 aromatic heterocycles. The van der Waals surface area contributed by atoms with Gasteiger partial charge in [0, 0.05) is 71.8 Å². The van der Waals surface area contributed by atoms with Crippen molar-refractivity contribution in [3.63, 3.8) is 0 Å². The average molecular weight is 1690 g/mol. The minimum absolute atomic E-state index is 0.0313. The zero-order valence-electron chi connectivity index (χ0n) is 70.0. The normalized spacial score (nSPS) is 23.5. The van der Waals surface area contributed by atoms with Crippen molar-refractivity contribution in [1.29, 1.82) is 10.8 Å². The number of carbonyl (C=O) groups excluding carboxylic acids is 16.